The smallest absolute Gasteiger partial charge is 0.124 e. The maximum atomic E-state index is 8.25. The summed E-state index contributed by atoms with van der Waals surface area (Å²) < 4.78 is 0. The van der Waals surface area contributed by atoms with Crippen LogP contribution >= 0.6 is 0 Å². The standard InChI is InChI=1S/C4H8N2O/c1-4(6,2-5)3-7/h7H,3,6H2,1H3/t4-/m0/s1. The molecule has 0 bridgehead atoms. The van der Waals surface area contributed by atoms with Crippen LogP contribution in [0.2, 0.25) is 0 Å². The molecule has 0 amide bonds. The highest BCUT2D eigenvalue weighted by atomic mass is 16.3. The van der Waals surface area contributed by atoms with Gasteiger partial charge < -0.3 is 10.8 Å². The molecule has 0 unspecified atom stereocenters. The second-order valence-corrected chi connectivity index (χ2v) is 1.69. The number of hydrogen-bond donors (Lipinski definition) is 2. The zero-order valence-electron chi connectivity index (χ0n) is 4.18. The van der Waals surface area contributed by atoms with Crippen LogP contribution < -0.4 is 5.73 Å². The Hall–Kier alpha value is -0.590. The van der Waals surface area contributed by atoms with Gasteiger partial charge in [0.25, 0.3) is 0 Å². The molecule has 1 atom stereocenters. The molecule has 3 nitrogen and oxygen atoms in total. The van der Waals surface area contributed by atoms with Crippen molar-refractivity contribution in [3.05, 3.63) is 0 Å². The summed E-state index contributed by atoms with van der Waals surface area (Å²) >= 11 is 0. The molecule has 40 valence electrons. The molecule has 0 fully saturated rings. The summed E-state index contributed by atoms with van der Waals surface area (Å²) in [5.74, 6) is 0. The van der Waals surface area contributed by atoms with Crippen LogP contribution in [-0.4, -0.2) is 17.3 Å². The zero-order chi connectivity index (χ0) is 5.91. The van der Waals surface area contributed by atoms with Crippen molar-refractivity contribution >= 4 is 0 Å². The van der Waals surface area contributed by atoms with Gasteiger partial charge in [0.1, 0.15) is 5.54 Å². The van der Waals surface area contributed by atoms with Crippen LogP contribution in [0.4, 0.5) is 0 Å². The van der Waals surface area contributed by atoms with Gasteiger partial charge in [-0.3, -0.25) is 0 Å². The highest BCUT2D eigenvalue weighted by Crippen LogP contribution is 1.90. The lowest BCUT2D eigenvalue weighted by Crippen LogP contribution is -2.37. The predicted molar refractivity (Wildman–Crippen MR) is 25.3 cm³/mol. The minimum atomic E-state index is -1.06. The molecule has 0 aliphatic heterocycles. The van der Waals surface area contributed by atoms with Gasteiger partial charge in [-0.1, -0.05) is 0 Å². The molecule has 3 heteroatoms. The molecule has 0 spiro atoms. The topological polar surface area (TPSA) is 70.0 Å². The maximum Gasteiger partial charge on any atom is 0.124 e. The number of nitrogens with two attached hydrogens (primary N) is 1. The summed E-state index contributed by atoms with van der Waals surface area (Å²) in [6.45, 7) is 1.18. The van der Waals surface area contributed by atoms with Crippen molar-refractivity contribution in [2.24, 2.45) is 5.73 Å². The average Bonchev–Trinajstić information content (AvgIpc) is 1.68. The van der Waals surface area contributed by atoms with Gasteiger partial charge >= 0.3 is 0 Å². The lowest BCUT2D eigenvalue weighted by Gasteiger charge is -2.08. The summed E-state index contributed by atoms with van der Waals surface area (Å²) in [5, 5.41) is 16.3. The fourth-order valence-corrected chi connectivity index (χ4v) is 0.0354. The van der Waals surface area contributed by atoms with Crippen molar-refractivity contribution in [2.45, 2.75) is 12.5 Å². The molecule has 0 aromatic heterocycles. The van der Waals surface area contributed by atoms with Crippen molar-refractivity contribution in [2.75, 3.05) is 6.61 Å². The Morgan fingerprint density at radius 3 is 2.43 bits per heavy atom. The van der Waals surface area contributed by atoms with Crippen LogP contribution in [0, 0.1) is 11.3 Å². The fourth-order valence-electron chi connectivity index (χ4n) is 0.0354. The van der Waals surface area contributed by atoms with E-state index in [9.17, 15) is 0 Å². The van der Waals surface area contributed by atoms with Crippen molar-refractivity contribution < 1.29 is 5.11 Å². The number of hydrogen-bond acceptors (Lipinski definition) is 3. The van der Waals surface area contributed by atoms with Gasteiger partial charge in [-0.15, -0.1) is 0 Å². The minimum Gasteiger partial charge on any atom is -0.393 e. The van der Waals surface area contributed by atoms with Gasteiger partial charge in [-0.05, 0) is 6.92 Å². The molecule has 7 heavy (non-hydrogen) atoms. The lowest BCUT2D eigenvalue weighted by atomic mass is 10.1. The van der Waals surface area contributed by atoms with Crippen molar-refractivity contribution in [1.29, 1.82) is 5.26 Å². The molecule has 0 radical (unpaired) electrons. The molecule has 0 saturated heterocycles. The van der Waals surface area contributed by atoms with Crippen molar-refractivity contribution in [3.8, 4) is 6.07 Å². The Kier molecular flexibility index (Phi) is 1.75. The van der Waals surface area contributed by atoms with Gasteiger partial charge in [0.05, 0.1) is 12.7 Å². The Morgan fingerprint density at radius 1 is 2.00 bits per heavy atom. The van der Waals surface area contributed by atoms with Crippen LogP contribution in [0.15, 0.2) is 0 Å². The van der Waals surface area contributed by atoms with Gasteiger partial charge in [0.15, 0.2) is 0 Å². The van der Waals surface area contributed by atoms with Crippen LogP contribution in [0.25, 0.3) is 0 Å². The average molecular weight is 100 g/mol. The molecule has 3 N–H and O–H groups in total. The summed E-state index contributed by atoms with van der Waals surface area (Å²) in [6, 6.07) is 1.72. The van der Waals surface area contributed by atoms with Crippen LogP contribution in [-0.2, 0) is 0 Å². The van der Waals surface area contributed by atoms with Crippen molar-refractivity contribution in [1.82, 2.24) is 0 Å². The number of nitrogens with zero attached hydrogens (tertiary/aromatic N) is 1. The van der Waals surface area contributed by atoms with E-state index in [1.54, 1.807) is 6.07 Å². The van der Waals surface area contributed by atoms with Gasteiger partial charge in [0, 0.05) is 0 Å². The molecule has 0 saturated carbocycles. The Balaban J connectivity index is 3.66. The van der Waals surface area contributed by atoms with E-state index in [1.165, 1.54) is 6.92 Å². The second kappa shape index (κ2) is 1.92. The summed E-state index contributed by atoms with van der Waals surface area (Å²) in [7, 11) is 0. The molecule has 0 heterocycles. The monoisotopic (exact) mass is 100 g/mol. The molecule has 0 rings (SSSR count). The normalized spacial score (nSPS) is 17.4. The number of aliphatic hydroxyl groups is 1. The molecule has 0 aromatic carbocycles. The van der Waals surface area contributed by atoms with E-state index in [-0.39, 0.29) is 6.61 Å². The van der Waals surface area contributed by atoms with Gasteiger partial charge in [0.2, 0.25) is 0 Å². The SMILES string of the molecule is C[C@](N)(C#N)CO. The number of nitriles is 1. The largest absolute Gasteiger partial charge is 0.393 e. The van der Waals surface area contributed by atoms with Crippen LogP contribution in [0.1, 0.15) is 6.92 Å². The third-order valence-electron chi connectivity index (χ3n) is 0.584. The number of aliphatic hydroxyl groups excluding tert-OH is 1. The first kappa shape index (κ1) is 6.41. The van der Waals surface area contributed by atoms with E-state index >= 15 is 0 Å². The number of rotatable bonds is 1. The zero-order valence-corrected chi connectivity index (χ0v) is 4.18. The van der Waals surface area contributed by atoms with Gasteiger partial charge in [-0.2, -0.15) is 5.26 Å². The fraction of sp³-hybridized carbons (Fsp3) is 0.750. The molecule has 0 aromatic rings. The van der Waals surface area contributed by atoms with E-state index in [1.807, 2.05) is 0 Å². The Morgan fingerprint density at radius 2 is 2.43 bits per heavy atom. The molecule has 0 aliphatic carbocycles. The maximum absolute atomic E-state index is 8.25. The summed E-state index contributed by atoms with van der Waals surface area (Å²) in [4.78, 5) is 0. The summed E-state index contributed by atoms with van der Waals surface area (Å²) in [5.41, 5.74) is 4.05. The highest BCUT2D eigenvalue weighted by molar-refractivity contribution is 5.00. The van der Waals surface area contributed by atoms with E-state index in [2.05, 4.69) is 0 Å². The van der Waals surface area contributed by atoms with E-state index in [0.717, 1.165) is 0 Å². The van der Waals surface area contributed by atoms with Crippen molar-refractivity contribution in [3.63, 3.8) is 0 Å². The quantitative estimate of drug-likeness (QED) is 0.454. The molecule has 0 aliphatic rings. The van der Waals surface area contributed by atoms with E-state index in [0.29, 0.717) is 0 Å². The summed E-state index contributed by atoms with van der Waals surface area (Å²) in [6.07, 6.45) is 0. The Labute approximate surface area is 42.4 Å². The van der Waals surface area contributed by atoms with Gasteiger partial charge in [-0.25, -0.2) is 0 Å². The minimum absolute atomic E-state index is 0.288. The third kappa shape index (κ3) is 2.15. The lowest BCUT2D eigenvalue weighted by molar-refractivity contribution is 0.242. The van der Waals surface area contributed by atoms with E-state index in [4.69, 9.17) is 16.1 Å². The van der Waals surface area contributed by atoms with Crippen LogP contribution in [0.3, 0.4) is 0 Å². The van der Waals surface area contributed by atoms with Crippen LogP contribution in [0.5, 0.6) is 0 Å². The Bertz CT molecular complexity index is 92.4. The first-order valence-corrected chi connectivity index (χ1v) is 1.93. The predicted octanol–water partition coefficient (Wildman–Crippen LogP) is -0.780. The highest BCUT2D eigenvalue weighted by Gasteiger charge is 2.13. The molecular weight excluding hydrogens is 92.1 g/mol. The van der Waals surface area contributed by atoms with E-state index < -0.39 is 5.54 Å². The third-order valence-corrected chi connectivity index (χ3v) is 0.584. The molecular formula is C4H8N2O. The first-order valence-electron chi connectivity index (χ1n) is 1.93. The first-order chi connectivity index (χ1) is 3.12. The second-order valence-electron chi connectivity index (χ2n) is 1.69.